The number of carbonyl (C=O) groups is 1. The van der Waals surface area contributed by atoms with Crippen LogP contribution in [-0.2, 0) is 6.42 Å². The number of halogens is 1. The van der Waals surface area contributed by atoms with Crippen LogP contribution in [0.15, 0.2) is 42.5 Å². The third-order valence-electron chi connectivity index (χ3n) is 4.47. The SMILES string of the molecule is CCCCCCCCCc1cc(Cl)c(O)c(C(=O)c2ccccc2)c1. The number of carbonyl (C=O) groups excluding carboxylic acids is 1. The molecule has 2 aromatic carbocycles. The van der Waals surface area contributed by atoms with Gasteiger partial charge in [0.25, 0.3) is 0 Å². The number of hydrogen-bond donors (Lipinski definition) is 1. The van der Waals surface area contributed by atoms with Gasteiger partial charge in [-0.2, -0.15) is 0 Å². The molecule has 0 saturated heterocycles. The molecule has 0 amide bonds. The molecule has 3 heteroatoms. The molecule has 0 radical (unpaired) electrons. The molecule has 0 spiro atoms. The minimum Gasteiger partial charge on any atom is -0.506 e. The van der Waals surface area contributed by atoms with Crippen molar-refractivity contribution < 1.29 is 9.90 Å². The molecule has 2 rings (SSSR count). The van der Waals surface area contributed by atoms with Gasteiger partial charge in [-0.1, -0.05) is 87.4 Å². The van der Waals surface area contributed by atoms with Crippen molar-refractivity contribution >= 4 is 17.4 Å². The number of hydrogen-bond acceptors (Lipinski definition) is 2. The first-order valence-electron chi connectivity index (χ1n) is 9.24. The fraction of sp³-hybridized carbons (Fsp3) is 0.409. The Morgan fingerprint density at radius 1 is 0.960 bits per heavy atom. The molecule has 134 valence electrons. The molecular weight excluding hydrogens is 332 g/mol. The number of aromatic hydroxyl groups is 1. The molecule has 1 N–H and O–H groups in total. The third kappa shape index (κ3) is 5.89. The van der Waals surface area contributed by atoms with Gasteiger partial charge in [0.15, 0.2) is 5.78 Å². The van der Waals surface area contributed by atoms with E-state index in [0.717, 1.165) is 18.4 Å². The number of phenols is 1. The number of phenolic OH excluding ortho intramolecular Hbond substituents is 1. The summed E-state index contributed by atoms with van der Waals surface area (Å²) in [5, 5.41) is 10.4. The summed E-state index contributed by atoms with van der Waals surface area (Å²) in [6, 6.07) is 12.5. The van der Waals surface area contributed by atoms with E-state index in [2.05, 4.69) is 6.92 Å². The number of aryl methyl sites for hydroxylation is 1. The predicted molar refractivity (Wildman–Crippen MR) is 105 cm³/mol. The Kier molecular flexibility index (Phi) is 8.00. The van der Waals surface area contributed by atoms with E-state index < -0.39 is 0 Å². The van der Waals surface area contributed by atoms with E-state index in [1.165, 1.54) is 38.5 Å². The Hall–Kier alpha value is -1.80. The van der Waals surface area contributed by atoms with Crippen LogP contribution in [0.4, 0.5) is 0 Å². The summed E-state index contributed by atoms with van der Waals surface area (Å²) in [4.78, 5) is 12.6. The smallest absolute Gasteiger partial charge is 0.196 e. The summed E-state index contributed by atoms with van der Waals surface area (Å²) >= 11 is 6.15. The lowest BCUT2D eigenvalue weighted by Crippen LogP contribution is -2.03. The molecule has 0 atom stereocenters. The van der Waals surface area contributed by atoms with Crippen LogP contribution >= 0.6 is 11.6 Å². The van der Waals surface area contributed by atoms with E-state index in [4.69, 9.17) is 11.6 Å². The molecule has 0 aliphatic heterocycles. The fourth-order valence-electron chi connectivity index (χ4n) is 3.00. The van der Waals surface area contributed by atoms with Gasteiger partial charge in [-0.15, -0.1) is 0 Å². The van der Waals surface area contributed by atoms with Gasteiger partial charge in [0, 0.05) is 5.56 Å². The molecular formula is C22H27ClO2. The second-order valence-electron chi connectivity index (χ2n) is 6.54. The second kappa shape index (κ2) is 10.2. The van der Waals surface area contributed by atoms with Gasteiger partial charge in [-0.3, -0.25) is 4.79 Å². The van der Waals surface area contributed by atoms with Crippen LogP contribution in [0, 0.1) is 0 Å². The number of rotatable bonds is 10. The van der Waals surface area contributed by atoms with Crippen LogP contribution in [-0.4, -0.2) is 10.9 Å². The summed E-state index contributed by atoms with van der Waals surface area (Å²) < 4.78 is 0. The summed E-state index contributed by atoms with van der Waals surface area (Å²) in [5.74, 6) is -0.319. The molecule has 0 aliphatic carbocycles. The summed E-state index contributed by atoms with van der Waals surface area (Å²) in [7, 11) is 0. The average Bonchev–Trinajstić information content (AvgIpc) is 2.64. The summed E-state index contributed by atoms with van der Waals surface area (Å²) in [6.07, 6.45) is 9.59. The largest absolute Gasteiger partial charge is 0.506 e. The predicted octanol–water partition coefficient (Wildman–Crippen LogP) is 6.57. The lowest BCUT2D eigenvalue weighted by molar-refractivity contribution is 0.103. The summed E-state index contributed by atoms with van der Waals surface area (Å²) in [6.45, 7) is 2.23. The first-order valence-corrected chi connectivity index (χ1v) is 9.62. The average molecular weight is 359 g/mol. The Morgan fingerprint density at radius 3 is 2.28 bits per heavy atom. The first-order chi connectivity index (χ1) is 12.1. The van der Waals surface area contributed by atoms with Crippen molar-refractivity contribution in [3.8, 4) is 5.75 Å². The lowest BCUT2D eigenvalue weighted by Gasteiger charge is -2.10. The maximum absolute atomic E-state index is 12.6. The standard InChI is InChI=1S/C22H27ClO2/c1-2-3-4-5-6-7-9-12-17-15-19(22(25)20(23)16-17)21(24)18-13-10-8-11-14-18/h8,10-11,13-16,25H,2-7,9,12H2,1H3. The lowest BCUT2D eigenvalue weighted by atomic mass is 9.97. The van der Waals surface area contributed by atoms with Crippen LogP contribution in [0.1, 0.15) is 73.4 Å². The van der Waals surface area contributed by atoms with Gasteiger partial charge < -0.3 is 5.11 Å². The minimum atomic E-state index is -0.193. The van der Waals surface area contributed by atoms with E-state index in [-0.39, 0.29) is 22.1 Å². The first kappa shape index (κ1) is 19.5. The van der Waals surface area contributed by atoms with Crippen LogP contribution in [0.3, 0.4) is 0 Å². The van der Waals surface area contributed by atoms with Crippen molar-refractivity contribution in [2.45, 2.75) is 58.3 Å². The van der Waals surface area contributed by atoms with E-state index in [1.54, 1.807) is 24.3 Å². The number of ketones is 1. The van der Waals surface area contributed by atoms with Crippen molar-refractivity contribution in [1.29, 1.82) is 0 Å². The maximum Gasteiger partial charge on any atom is 0.196 e. The van der Waals surface area contributed by atoms with Crippen molar-refractivity contribution in [3.05, 3.63) is 64.2 Å². The number of benzene rings is 2. The van der Waals surface area contributed by atoms with Crippen LogP contribution in [0.25, 0.3) is 0 Å². The van der Waals surface area contributed by atoms with Gasteiger partial charge in [0.1, 0.15) is 5.75 Å². The monoisotopic (exact) mass is 358 g/mol. The zero-order valence-corrected chi connectivity index (χ0v) is 15.7. The van der Waals surface area contributed by atoms with Crippen LogP contribution in [0.5, 0.6) is 5.75 Å². The zero-order chi connectivity index (χ0) is 18.1. The van der Waals surface area contributed by atoms with E-state index in [0.29, 0.717) is 5.56 Å². The van der Waals surface area contributed by atoms with E-state index >= 15 is 0 Å². The van der Waals surface area contributed by atoms with Crippen molar-refractivity contribution in [2.24, 2.45) is 0 Å². The van der Waals surface area contributed by atoms with Gasteiger partial charge in [-0.05, 0) is 30.5 Å². The highest BCUT2D eigenvalue weighted by atomic mass is 35.5. The molecule has 0 aromatic heterocycles. The topological polar surface area (TPSA) is 37.3 Å². The molecule has 25 heavy (non-hydrogen) atoms. The number of unbranched alkanes of at least 4 members (excludes halogenated alkanes) is 6. The summed E-state index contributed by atoms with van der Waals surface area (Å²) in [5.41, 5.74) is 1.86. The maximum atomic E-state index is 12.6. The Balaban J connectivity index is 1.99. The second-order valence-corrected chi connectivity index (χ2v) is 6.95. The zero-order valence-electron chi connectivity index (χ0n) is 14.9. The van der Waals surface area contributed by atoms with Gasteiger partial charge in [0.2, 0.25) is 0 Å². The van der Waals surface area contributed by atoms with Crippen molar-refractivity contribution in [1.82, 2.24) is 0 Å². The molecule has 0 bridgehead atoms. The molecule has 0 aliphatic rings. The van der Waals surface area contributed by atoms with E-state index in [1.807, 2.05) is 18.2 Å². The normalized spacial score (nSPS) is 10.8. The Labute approximate surface area is 155 Å². The Morgan fingerprint density at radius 2 is 1.60 bits per heavy atom. The molecule has 2 nitrogen and oxygen atoms in total. The highest BCUT2D eigenvalue weighted by molar-refractivity contribution is 6.33. The molecule has 0 fully saturated rings. The van der Waals surface area contributed by atoms with Gasteiger partial charge >= 0.3 is 0 Å². The van der Waals surface area contributed by atoms with Gasteiger partial charge in [0.05, 0.1) is 10.6 Å². The minimum absolute atomic E-state index is 0.126. The van der Waals surface area contributed by atoms with Crippen molar-refractivity contribution in [3.63, 3.8) is 0 Å². The highest BCUT2D eigenvalue weighted by Crippen LogP contribution is 2.31. The van der Waals surface area contributed by atoms with Crippen LogP contribution in [0.2, 0.25) is 5.02 Å². The Bertz CT molecular complexity index is 680. The van der Waals surface area contributed by atoms with Gasteiger partial charge in [-0.25, -0.2) is 0 Å². The highest BCUT2D eigenvalue weighted by Gasteiger charge is 2.17. The fourth-order valence-corrected chi connectivity index (χ4v) is 3.25. The molecule has 0 saturated carbocycles. The molecule has 0 heterocycles. The molecule has 2 aromatic rings. The molecule has 0 unspecified atom stereocenters. The van der Waals surface area contributed by atoms with Crippen molar-refractivity contribution in [2.75, 3.05) is 0 Å². The van der Waals surface area contributed by atoms with E-state index in [9.17, 15) is 9.90 Å². The third-order valence-corrected chi connectivity index (χ3v) is 4.76. The quantitative estimate of drug-likeness (QED) is 0.385. The van der Waals surface area contributed by atoms with Crippen LogP contribution < -0.4 is 0 Å².